The molecular formula is C79H57N5. The van der Waals surface area contributed by atoms with E-state index < -0.39 is 5.41 Å². The average Bonchev–Trinajstić information content (AvgIpc) is 1.72. The zero-order valence-electron chi connectivity index (χ0n) is 46.1. The Hall–Kier alpha value is -11.1. The van der Waals surface area contributed by atoms with E-state index in [1.54, 1.807) is 0 Å². The monoisotopic (exact) mass is 1080 g/mol. The van der Waals surface area contributed by atoms with Gasteiger partial charge in [-0.3, -0.25) is 0 Å². The van der Waals surface area contributed by atoms with Crippen LogP contribution in [0.1, 0.15) is 22.3 Å². The van der Waals surface area contributed by atoms with E-state index >= 15 is 0 Å². The van der Waals surface area contributed by atoms with Crippen molar-refractivity contribution in [2.75, 3.05) is 19.6 Å². The Morgan fingerprint density at radius 1 is 0.202 bits per heavy atom. The largest absolute Gasteiger partial charge is 0.354 e. The average molecular weight is 1080 g/mol. The number of aromatic amines is 1. The van der Waals surface area contributed by atoms with Crippen LogP contribution < -0.4 is 19.6 Å². The molecule has 5 nitrogen and oxygen atoms in total. The summed E-state index contributed by atoms with van der Waals surface area (Å²) < 4.78 is 0. The summed E-state index contributed by atoms with van der Waals surface area (Å²) in [7, 11) is 0. The molecule has 0 spiro atoms. The molecule has 1 aliphatic rings. The number of fused-ring (bicyclic) bond motifs is 6. The molecule has 5 heteroatoms. The summed E-state index contributed by atoms with van der Waals surface area (Å²) in [6, 6.07) is 124. The summed E-state index contributed by atoms with van der Waals surface area (Å²) in [5, 5.41) is 2.35. The van der Waals surface area contributed by atoms with Gasteiger partial charge in [-0.1, -0.05) is 188 Å². The van der Waals surface area contributed by atoms with E-state index in [1.165, 1.54) is 33.0 Å². The second-order valence-corrected chi connectivity index (χ2v) is 21.4. The van der Waals surface area contributed by atoms with Crippen molar-refractivity contribution in [3.8, 4) is 11.1 Å². The Bertz CT molecular complexity index is 4020. The number of benzene rings is 13. The number of hydrogen-bond acceptors (Lipinski definition) is 4. The Morgan fingerprint density at radius 2 is 0.500 bits per heavy atom. The molecule has 13 aromatic carbocycles. The van der Waals surface area contributed by atoms with Gasteiger partial charge in [-0.25, -0.2) is 0 Å². The van der Waals surface area contributed by atoms with Crippen molar-refractivity contribution < 1.29 is 0 Å². The smallest absolute Gasteiger partial charge is 0.0716 e. The fraction of sp³-hybridized carbons (Fsp3) is 0.0127. The van der Waals surface area contributed by atoms with Crippen molar-refractivity contribution in [1.29, 1.82) is 0 Å². The zero-order chi connectivity index (χ0) is 55.8. The highest BCUT2D eigenvalue weighted by Gasteiger charge is 2.48. The molecule has 1 heterocycles. The van der Waals surface area contributed by atoms with Crippen LogP contribution in [-0.4, -0.2) is 4.98 Å². The molecule has 84 heavy (non-hydrogen) atoms. The lowest BCUT2D eigenvalue weighted by molar-refractivity contribution is 0.769. The van der Waals surface area contributed by atoms with Crippen molar-refractivity contribution >= 4 is 90.1 Å². The van der Waals surface area contributed by atoms with E-state index in [9.17, 15) is 0 Å². The van der Waals surface area contributed by atoms with Gasteiger partial charge in [0.15, 0.2) is 0 Å². The zero-order valence-corrected chi connectivity index (χ0v) is 46.1. The summed E-state index contributed by atoms with van der Waals surface area (Å²) in [6.45, 7) is 0. The molecule has 0 unspecified atom stereocenters. The maximum absolute atomic E-state index is 3.86. The van der Waals surface area contributed by atoms with E-state index in [0.717, 1.165) is 90.4 Å². The van der Waals surface area contributed by atoms with Crippen LogP contribution in [-0.2, 0) is 5.41 Å². The first-order chi connectivity index (χ1) is 41.7. The van der Waals surface area contributed by atoms with Gasteiger partial charge in [-0.2, -0.15) is 0 Å². The summed E-state index contributed by atoms with van der Waals surface area (Å²) in [6.07, 6.45) is 0. The SMILES string of the molecule is c1ccc(N(c2ccccc2)c2cc(N(c3ccccc3)c3ccccc3)cc(C3(c4cc(N(c5ccccc5)c5ccccc5)cc(N(c5ccccc5)c5ccccc5)c4)c4ccccc4-c4cc5[nH]c6ccccc6c5cc43)c2)cc1. The quantitative estimate of drug-likeness (QED) is 0.117. The first kappa shape index (κ1) is 49.9. The number of para-hydroxylation sites is 9. The normalized spacial score (nSPS) is 12.1. The van der Waals surface area contributed by atoms with Gasteiger partial charge in [-0.15, -0.1) is 0 Å². The van der Waals surface area contributed by atoms with Gasteiger partial charge in [0.25, 0.3) is 0 Å². The second-order valence-electron chi connectivity index (χ2n) is 21.4. The number of nitrogens with zero attached hydrogens (tertiary/aromatic N) is 4. The van der Waals surface area contributed by atoms with E-state index in [1.807, 2.05) is 0 Å². The van der Waals surface area contributed by atoms with E-state index in [0.29, 0.717) is 0 Å². The first-order valence-corrected chi connectivity index (χ1v) is 28.7. The highest BCUT2D eigenvalue weighted by molar-refractivity contribution is 6.10. The molecule has 0 saturated heterocycles. The van der Waals surface area contributed by atoms with Crippen molar-refractivity contribution in [2.24, 2.45) is 0 Å². The van der Waals surface area contributed by atoms with Crippen LogP contribution in [0.5, 0.6) is 0 Å². The van der Waals surface area contributed by atoms with E-state index in [-0.39, 0.29) is 0 Å². The minimum Gasteiger partial charge on any atom is -0.354 e. The molecule has 1 aromatic heterocycles. The molecule has 1 aliphatic carbocycles. The number of nitrogens with one attached hydrogen (secondary N) is 1. The first-order valence-electron chi connectivity index (χ1n) is 28.7. The predicted molar refractivity (Wildman–Crippen MR) is 352 cm³/mol. The van der Waals surface area contributed by atoms with Crippen LogP contribution in [0.2, 0.25) is 0 Å². The Morgan fingerprint density at radius 3 is 0.845 bits per heavy atom. The van der Waals surface area contributed by atoms with Crippen LogP contribution in [0.15, 0.2) is 340 Å². The molecule has 398 valence electrons. The van der Waals surface area contributed by atoms with Gasteiger partial charge in [0.1, 0.15) is 0 Å². The summed E-state index contributed by atoms with van der Waals surface area (Å²) >= 11 is 0. The summed E-state index contributed by atoms with van der Waals surface area (Å²) in [5.41, 5.74) is 20.6. The molecule has 15 rings (SSSR count). The lowest BCUT2D eigenvalue weighted by Gasteiger charge is -2.38. The van der Waals surface area contributed by atoms with Crippen LogP contribution in [0.4, 0.5) is 68.2 Å². The third-order valence-corrected chi connectivity index (χ3v) is 16.5. The Labute approximate surface area is 490 Å². The van der Waals surface area contributed by atoms with Gasteiger partial charge in [0.2, 0.25) is 0 Å². The number of H-pyrrole nitrogens is 1. The van der Waals surface area contributed by atoms with Gasteiger partial charge in [0, 0.05) is 90.1 Å². The molecular weight excluding hydrogens is 1020 g/mol. The molecule has 0 bridgehead atoms. The van der Waals surface area contributed by atoms with Gasteiger partial charge in [0.05, 0.1) is 5.41 Å². The molecule has 14 aromatic rings. The van der Waals surface area contributed by atoms with Crippen molar-refractivity contribution in [3.05, 3.63) is 362 Å². The number of anilines is 12. The number of rotatable bonds is 14. The Balaban J connectivity index is 1.14. The molecule has 0 radical (unpaired) electrons. The Kier molecular flexibility index (Phi) is 12.7. The lowest BCUT2D eigenvalue weighted by Crippen LogP contribution is -2.30. The van der Waals surface area contributed by atoms with Crippen LogP contribution in [0.3, 0.4) is 0 Å². The molecule has 0 fully saturated rings. The lowest BCUT2D eigenvalue weighted by atomic mass is 9.67. The fourth-order valence-corrected chi connectivity index (χ4v) is 13.0. The minimum atomic E-state index is -0.982. The summed E-state index contributed by atoms with van der Waals surface area (Å²) in [5.74, 6) is 0. The van der Waals surface area contributed by atoms with Crippen LogP contribution in [0.25, 0.3) is 32.9 Å². The van der Waals surface area contributed by atoms with Crippen LogP contribution >= 0.6 is 0 Å². The van der Waals surface area contributed by atoms with Crippen LogP contribution in [0, 0.1) is 0 Å². The third kappa shape index (κ3) is 8.75. The second kappa shape index (κ2) is 21.4. The maximum Gasteiger partial charge on any atom is 0.0716 e. The predicted octanol–water partition coefficient (Wildman–Crippen LogP) is 21.6. The van der Waals surface area contributed by atoms with Crippen molar-refractivity contribution in [3.63, 3.8) is 0 Å². The molecule has 0 aliphatic heterocycles. The topological polar surface area (TPSA) is 28.8 Å². The third-order valence-electron chi connectivity index (χ3n) is 16.5. The fourth-order valence-electron chi connectivity index (χ4n) is 13.0. The van der Waals surface area contributed by atoms with Crippen molar-refractivity contribution in [2.45, 2.75) is 5.41 Å². The van der Waals surface area contributed by atoms with Gasteiger partial charge in [-0.05, 0) is 185 Å². The highest BCUT2D eigenvalue weighted by Crippen LogP contribution is 2.60. The number of aromatic nitrogens is 1. The molecule has 1 N–H and O–H groups in total. The van der Waals surface area contributed by atoms with Gasteiger partial charge < -0.3 is 24.6 Å². The van der Waals surface area contributed by atoms with E-state index in [4.69, 9.17) is 0 Å². The molecule has 0 atom stereocenters. The highest BCUT2D eigenvalue weighted by atomic mass is 15.2. The summed E-state index contributed by atoms with van der Waals surface area (Å²) in [4.78, 5) is 13.5. The van der Waals surface area contributed by atoms with Crippen molar-refractivity contribution in [1.82, 2.24) is 4.98 Å². The van der Waals surface area contributed by atoms with E-state index in [2.05, 4.69) is 364 Å². The maximum atomic E-state index is 3.86. The molecule has 0 amide bonds. The van der Waals surface area contributed by atoms with Gasteiger partial charge >= 0.3 is 0 Å². The minimum absolute atomic E-state index is 0.982. The standard InChI is InChI=1S/C79H57N5/c1-9-29-59(30-10-1)81(60-31-11-2-12-32-60)67-49-57(50-68(53-67)82(61-33-13-3-14-34-61)62-35-15-4-16-36-62)79(75-47-27-25-45-71(75)73-56-78-74(55-76(73)79)72-46-26-28-48-77(72)80-78)58-51-69(83(63-37-17-5-18-38-63)64-39-19-6-20-40-64)54-70(52-58)84(65-41-21-7-22-42-65)66-43-23-8-24-44-66/h1-56,80H. The molecule has 0 saturated carbocycles. The number of hydrogen-bond donors (Lipinski definition) is 1.